The molecule has 0 heterocycles. The number of ether oxygens (including phenoxy) is 2. The average molecular weight is 495 g/mol. The van der Waals surface area contributed by atoms with Crippen LogP contribution < -0.4 is 10.5 Å². The molecule has 4 nitrogen and oxygen atoms in total. The molecule has 1 aromatic rings. The first kappa shape index (κ1) is 24.9. The van der Waals surface area contributed by atoms with Gasteiger partial charge in [0.25, 0.3) is 0 Å². The van der Waals surface area contributed by atoms with E-state index in [1.54, 1.807) is 7.11 Å². The first-order valence-corrected chi connectivity index (χ1v) is 18.2. The van der Waals surface area contributed by atoms with E-state index < -0.39 is 18.4 Å². The third-order valence-electron chi connectivity index (χ3n) is 5.35. The average Bonchev–Trinajstić information content (AvgIpc) is 2.71. The fraction of sp³-hybridized carbons (Fsp3) is 0.609. The predicted molar refractivity (Wildman–Crippen MR) is 124 cm³/mol. The minimum absolute atomic E-state index is 0.502. The molecule has 0 saturated heterocycles. The van der Waals surface area contributed by atoms with Gasteiger partial charge in [-0.1, -0.05) is 0 Å². The van der Waals surface area contributed by atoms with Gasteiger partial charge in [0.05, 0.1) is 0 Å². The summed E-state index contributed by atoms with van der Waals surface area (Å²) in [4.78, 5) is 5.03. The van der Waals surface area contributed by atoms with Crippen molar-refractivity contribution in [3.8, 4) is 5.75 Å². The standard InChI is InChI=1S/C14H19N2O2.C4H9.C3H7.C2H5.Sn/c1-4-16-9-14(11(2)15)18-10-12-5-7-13(17-3)8-6-12;1-3-4-2;1-3-2;1-2;/h5-8H,4,10,15H2,1-3H3;1,3-4H2,2H3;1,3H2,2H3;1H2,2H3;/b14-11+,16-9?;;;;. The molecule has 0 aromatic heterocycles. The number of methoxy groups -OCH3 is 1. The second kappa shape index (κ2) is 13.1. The van der Waals surface area contributed by atoms with E-state index in [2.05, 4.69) is 27.7 Å². The number of rotatable bonds is 13. The Labute approximate surface area is 176 Å². The topological polar surface area (TPSA) is 56.8 Å². The third-order valence-corrected chi connectivity index (χ3v) is 21.1. The molecule has 0 saturated carbocycles. The second-order valence-electron chi connectivity index (χ2n) is 7.46. The summed E-state index contributed by atoms with van der Waals surface area (Å²) in [5.41, 5.74) is 8.20. The summed E-state index contributed by atoms with van der Waals surface area (Å²) in [5.74, 6) is 1.71. The molecule has 0 amide bonds. The van der Waals surface area contributed by atoms with Crippen LogP contribution >= 0.6 is 0 Å². The summed E-state index contributed by atoms with van der Waals surface area (Å²) in [6.45, 7) is 12.3. The van der Waals surface area contributed by atoms with Crippen LogP contribution in [-0.2, 0) is 11.3 Å². The Morgan fingerprint density at radius 1 is 1.04 bits per heavy atom. The van der Waals surface area contributed by atoms with E-state index in [0.717, 1.165) is 29.3 Å². The summed E-state index contributed by atoms with van der Waals surface area (Å²) in [6, 6.07) is 8.01. The zero-order valence-electron chi connectivity index (χ0n) is 18.8. The summed E-state index contributed by atoms with van der Waals surface area (Å²) in [6.07, 6.45) is 3.73. The molecule has 0 aliphatic rings. The quantitative estimate of drug-likeness (QED) is 0.205. The van der Waals surface area contributed by atoms with Crippen molar-refractivity contribution in [1.82, 2.24) is 0 Å². The summed E-state index contributed by atoms with van der Waals surface area (Å²) in [7, 11) is 1.68. The number of unbranched alkanes of at least 4 members (excludes halogenated alkanes) is 1. The maximum atomic E-state index is 6.35. The zero-order chi connectivity index (χ0) is 21.0. The van der Waals surface area contributed by atoms with Gasteiger partial charge in [0, 0.05) is 0 Å². The molecule has 0 fully saturated rings. The molecule has 1 rings (SSSR count). The predicted octanol–water partition coefficient (Wildman–Crippen LogP) is 6.08. The van der Waals surface area contributed by atoms with Gasteiger partial charge in [0.1, 0.15) is 0 Å². The Bertz CT molecular complexity index is 637. The van der Waals surface area contributed by atoms with Crippen molar-refractivity contribution in [1.29, 1.82) is 0 Å². The summed E-state index contributed by atoms with van der Waals surface area (Å²) < 4.78 is 16.8. The summed E-state index contributed by atoms with van der Waals surface area (Å²) >= 11 is -2.66. The van der Waals surface area contributed by atoms with Gasteiger partial charge in [0.15, 0.2) is 0 Å². The SMILES string of the molecule is CCC[CH2][Sn]([CH2]C)([CH2]CC)[C](=NCC)/C(OCc1ccc(OC)cc1)=C(/C)N. The van der Waals surface area contributed by atoms with Gasteiger partial charge >= 0.3 is 177 Å². The monoisotopic (exact) mass is 496 g/mol. The normalized spacial score (nSPS) is 15.0. The van der Waals surface area contributed by atoms with Crippen molar-refractivity contribution in [3.63, 3.8) is 0 Å². The van der Waals surface area contributed by atoms with Crippen molar-refractivity contribution >= 4 is 22.1 Å². The molecule has 158 valence electrons. The number of aliphatic imine (C=N–C) groups is 1. The van der Waals surface area contributed by atoms with Gasteiger partial charge in [0.2, 0.25) is 0 Å². The van der Waals surface area contributed by atoms with E-state index in [1.165, 1.54) is 36.3 Å². The molecule has 0 aliphatic heterocycles. The molecule has 1 unspecified atom stereocenters. The van der Waals surface area contributed by atoms with Gasteiger partial charge in [-0.3, -0.25) is 0 Å². The van der Waals surface area contributed by atoms with Crippen LogP contribution in [-0.4, -0.2) is 35.8 Å². The van der Waals surface area contributed by atoms with E-state index in [1.807, 2.05) is 31.2 Å². The van der Waals surface area contributed by atoms with Crippen LogP contribution in [0.3, 0.4) is 0 Å². The van der Waals surface area contributed by atoms with E-state index in [9.17, 15) is 0 Å². The molecule has 1 atom stereocenters. The number of hydrogen-bond donors (Lipinski definition) is 1. The maximum absolute atomic E-state index is 6.35. The van der Waals surface area contributed by atoms with Crippen molar-refractivity contribution in [2.75, 3.05) is 13.7 Å². The van der Waals surface area contributed by atoms with Crippen LogP contribution in [0.1, 0.15) is 59.4 Å². The molecule has 5 heteroatoms. The van der Waals surface area contributed by atoms with Gasteiger partial charge in [-0.2, -0.15) is 0 Å². The van der Waals surface area contributed by atoms with Crippen LogP contribution in [0.2, 0.25) is 13.3 Å². The zero-order valence-corrected chi connectivity index (χ0v) is 21.7. The molecule has 0 spiro atoms. The molecule has 2 N–H and O–H groups in total. The minimum atomic E-state index is -2.66. The Morgan fingerprint density at radius 3 is 2.18 bits per heavy atom. The van der Waals surface area contributed by atoms with Crippen LogP contribution in [0.5, 0.6) is 5.75 Å². The molecular weight excluding hydrogens is 455 g/mol. The van der Waals surface area contributed by atoms with Crippen molar-refractivity contribution in [2.45, 2.75) is 73.8 Å². The molecule has 0 aliphatic carbocycles. The molecule has 28 heavy (non-hydrogen) atoms. The van der Waals surface area contributed by atoms with Gasteiger partial charge < -0.3 is 0 Å². The number of hydrogen-bond acceptors (Lipinski definition) is 4. The van der Waals surface area contributed by atoms with E-state index >= 15 is 0 Å². The van der Waals surface area contributed by atoms with Gasteiger partial charge in [-0.25, -0.2) is 0 Å². The number of allylic oxidation sites excluding steroid dienone is 2. The molecule has 0 radical (unpaired) electrons. The number of benzene rings is 1. The van der Waals surface area contributed by atoms with Crippen molar-refractivity contribution < 1.29 is 9.47 Å². The Morgan fingerprint density at radius 2 is 1.71 bits per heavy atom. The van der Waals surface area contributed by atoms with Gasteiger partial charge in [-0.15, -0.1) is 0 Å². The fourth-order valence-electron chi connectivity index (χ4n) is 3.76. The van der Waals surface area contributed by atoms with E-state index in [0.29, 0.717) is 6.61 Å². The van der Waals surface area contributed by atoms with Crippen LogP contribution in [0.15, 0.2) is 40.7 Å². The molecule has 1 aromatic carbocycles. The Balaban J connectivity index is 3.19. The van der Waals surface area contributed by atoms with Crippen LogP contribution in [0.25, 0.3) is 0 Å². The van der Waals surface area contributed by atoms with Gasteiger partial charge in [-0.05, 0) is 0 Å². The Kier molecular flexibility index (Phi) is 11.7. The van der Waals surface area contributed by atoms with Crippen LogP contribution in [0.4, 0.5) is 0 Å². The van der Waals surface area contributed by atoms with Crippen molar-refractivity contribution in [3.05, 3.63) is 41.3 Å². The number of nitrogens with zero attached hydrogens (tertiary/aromatic N) is 1. The van der Waals surface area contributed by atoms with Crippen molar-refractivity contribution in [2.24, 2.45) is 10.7 Å². The first-order chi connectivity index (χ1) is 13.5. The summed E-state index contributed by atoms with van der Waals surface area (Å²) in [5, 5.41) is 0. The van der Waals surface area contributed by atoms with E-state index in [4.69, 9.17) is 20.2 Å². The first-order valence-electron chi connectivity index (χ1n) is 10.7. The number of nitrogens with two attached hydrogens (primary N) is 1. The second-order valence-corrected chi connectivity index (χ2v) is 21.0. The van der Waals surface area contributed by atoms with E-state index in [-0.39, 0.29) is 0 Å². The third kappa shape index (κ3) is 7.02. The molecular formula is C23H40N2O2Sn. The van der Waals surface area contributed by atoms with Crippen LogP contribution in [0, 0.1) is 0 Å². The Hall–Kier alpha value is -1.17. The fourth-order valence-corrected chi connectivity index (χ4v) is 18.0. The molecule has 0 bridgehead atoms.